The van der Waals surface area contributed by atoms with E-state index in [9.17, 15) is 9.59 Å². The van der Waals surface area contributed by atoms with Crippen molar-refractivity contribution in [2.75, 3.05) is 37.7 Å². The quantitative estimate of drug-likeness (QED) is 0.836. The maximum Gasteiger partial charge on any atom is 0.244 e. The first-order chi connectivity index (χ1) is 11.4. The van der Waals surface area contributed by atoms with Gasteiger partial charge in [0.25, 0.3) is 0 Å². The predicted molar refractivity (Wildman–Crippen MR) is 90.0 cm³/mol. The highest BCUT2D eigenvalue weighted by molar-refractivity contribution is 5.86. The van der Waals surface area contributed by atoms with E-state index in [1.807, 2.05) is 24.8 Å². The van der Waals surface area contributed by atoms with Crippen LogP contribution in [0.1, 0.15) is 26.5 Å². The molecule has 0 spiro atoms. The fourth-order valence-electron chi connectivity index (χ4n) is 2.66. The number of rotatable bonds is 5. The molecule has 2 heterocycles. The topological polar surface area (TPSA) is 87.7 Å². The van der Waals surface area contributed by atoms with Crippen molar-refractivity contribution in [2.24, 2.45) is 0 Å². The second-order valence-electron chi connectivity index (χ2n) is 5.82. The molecule has 0 radical (unpaired) electrons. The summed E-state index contributed by atoms with van der Waals surface area (Å²) < 4.78 is 5.46. The van der Waals surface area contributed by atoms with Crippen molar-refractivity contribution in [1.82, 2.24) is 20.2 Å². The van der Waals surface area contributed by atoms with Gasteiger partial charge in [-0.05, 0) is 20.8 Å². The monoisotopic (exact) mass is 335 g/mol. The zero-order valence-corrected chi connectivity index (χ0v) is 14.7. The molecule has 1 aromatic rings. The van der Waals surface area contributed by atoms with Crippen LogP contribution >= 0.6 is 0 Å². The predicted octanol–water partition coefficient (Wildman–Crippen LogP) is 0.357. The lowest BCUT2D eigenvalue weighted by atomic mass is 10.2. The minimum atomic E-state index is -0.506. The molecule has 8 heteroatoms. The van der Waals surface area contributed by atoms with Crippen molar-refractivity contribution in [2.45, 2.75) is 33.7 Å². The third-order valence-corrected chi connectivity index (χ3v) is 3.78. The van der Waals surface area contributed by atoms with Crippen LogP contribution in [0.2, 0.25) is 0 Å². The number of hydrogen-bond acceptors (Lipinski definition) is 6. The zero-order valence-electron chi connectivity index (χ0n) is 14.7. The second-order valence-corrected chi connectivity index (χ2v) is 5.82. The number of aromatic nitrogens is 2. The first kappa shape index (κ1) is 18.0. The fourth-order valence-corrected chi connectivity index (χ4v) is 2.66. The Kier molecular flexibility index (Phi) is 5.94. The maximum absolute atomic E-state index is 12.3. The van der Waals surface area contributed by atoms with Gasteiger partial charge in [0.15, 0.2) is 0 Å². The average molecular weight is 335 g/mol. The molecule has 8 nitrogen and oxygen atoms in total. The Hall–Kier alpha value is -2.38. The molecule has 132 valence electrons. The fraction of sp³-hybridized carbons (Fsp3) is 0.625. The number of carbonyl (C=O) groups excluding carboxylic acids is 2. The molecule has 1 aromatic heterocycles. The number of aryl methyl sites for hydroxylation is 1. The van der Waals surface area contributed by atoms with Gasteiger partial charge < -0.3 is 19.9 Å². The summed E-state index contributed by atoms with van der Waals surface area (Å²) in [6.07, 6.45) is 0. The standard InChI is InChI=1S/C16H25N5O3/c1-5-24-14-10-11(2)17-16(19-14)21-8-6-20(7-9-21)15(23)12(3)18-13(4)22/h10,12H,5-9H2,1-4H3,(H,18,22)/t12-/m0/s1. The van der Waals surface area contributed by atoms with Crippen molar-refractivity contribution in [3.8, 4) is 5.88 Å². The number of carbonyl (C=O) groups is 2. The minimum Gasteiger partial charge on any atom is -0.478 e. The lowest BCUT2D eigenvalue weighted by Gasteiger charge is -2.36. The Morgan fingerprint density at radius 2 is 1.96 bits per heavy atom. The van der Waals surface area contributed by atoms with Crippen LogP contribution in [0, 0.1) is 6.92 Å². The Morgan fingerprint density at radius 1 is 1.29 bits per heavy atom. The van der Waals surface area contributed by atoms with Crippen LogP contribution in [-0.4, -0.2) is 65.5 Å². The third kappa shape index (κ3) is 4.56. The summed E-state index contributed by atoms with van der Waals surface area (Å²) in [5.74, 6) is 0.925. The van der Waals surface area contributed by atoms with E-state index < -0.39 is 6.04 Å². The summed E-state index contributed by atoms with van der Waals surface area (Å²) in [5, 5.41) is 2.63. The number of amides is 2. The van der Waals surface area contributed by atoms with E-state index in [1.165, 1.54) is 6.92 Å². The van der Waals surface area contributed by atoms with Crippen LogP contribution in [0.15, 0.2) is 6.07 Å². The van der Waals surface area contributed by atoms with Crippen molar-refractivity contribution in [3.05, 3.63) is 11.8 Å². The Bertz CT molecular complexity index is 599. The molecule has 1 saturated heterocycles. The van der Waals surface area contributed by atoms with E-state index >= 15 is 0 Å². The molecule has 24 heavy (non-hydrogen) atoms. The molecule has 2 amide bonds. The molecule has 1 aliphatic rings. The van der Waals surface area contributed by atoms with Crippen molar-refractivity contribution in [1.29, 1.82) is 0 Å². The SMILES string of the molecule is CCOc1cc(C)nc(N2CCN(C(=O)[C@H](C)NC(C)=O)CC2)n1. The molecular weight excluding hydrogens is 310 g/mol. The van der Waals surface area contributed by atoms with E-state index in [1.54, 1.807) is 11.8 Å². The van der Waals surface area contributed by atoms with Crippen LogP contribution in [-0.2, 0) is 9.59 Å². The van der Waals surface area contributed by atoms with Gasteiger partial charge in [0.1, 0.15) is 6.04 Å². The van der Waals surface area contributed by atoms with Gasteiger partial charge in [-0.25, -0.2) is 4.98 Å². The molecule has 0 bridgehead atoms. The van der Waals surface area contributed by atoms with Crippen molar-refractivity contribution in [3.63, 3.8) is 0 Å². The summed E-state index contributed by atoms with van der Waals surface area (Å²) in [4.78, 5) is 36.1. The van der Waals surface area contributed by atoms with Gasteiger partial charge >= 0.3 is 0 Å². The van der Waals surface area contributed by atoms with Gasteiger partial charge in [0.2, 0.25) is 23.6 Å². The highest BCUT2D eigenvalue weighted by atomic mass is 16.5. The summed E-state index contributed by atoms with van der Waals surface area (Å²) in [7, 11) is 0. The van der Waals surface area contributed by atoms with Gasteiger partial charge in [0, 0.05) is 44.9 Å². The summed E-state index contributed by atoms with van der Waals surface area (Å²) >= 11 is 0. The molecule has 0 aromatic carbocycles. The first-order valence-corrected chi connectivity index (χ1v) is 8.20. The third-order valence-electron chi connectivity index (χ3n) is 3.78. The summed E-state index contributed by atoms with van der Waals surface area (Å²) in [5.41, 5.74) is 0.848. The van der Waals surface area contributed by atoms with E-state index in [-0.39, 0.29) is 11.8 Å². The normalized spacial score (nSPS) is 15.8. The lowest BCUT2D eigenvalue weighted by Crippen LogP contribution is -2.54. The Labute approximate surface area is 142 Å². The second kappa shape index (κ2) is 7.94. The summed E-state index contributed by atoms with van der Waals surface area (Å²) in [6, 6.07) is 1.30. The molecule has 1 atom stereocenters. The van der Waals surface area contributed by atoms with E-state index in [2.05, 4.69) is 15.3 Å². The van der Waals surface area contributed by atoms with Crippen LogP contribution in [0.3, 0.4) is 0 Å². The van der Waals surface area contributed by atoms with Gasteiger partial charge in [-0.2, -0.15) is 4.98 Å². The molecule has 1 fully saturated rings. The van der Waals surface area contributed by atoms with Gasteiger partial charge in [-0.3, -0.25) is 9.59 Å². The molecular formula is C16H25N5O3. The van der Waals surface area contributed by atoms with Crippen LogP contribution in [0.4, 0.5) is 5.95 Å². The summed E-state index contributed by atoms with van der Waals surface area (Å²) in [6.45, 7) is 9.93. The van der Waals surface area contributed by atoms with Crippen LogP contribution in [0.25, 0.3) is 0 Å². The van der Waals surface area contributed by atoms with Gasteiger partial charge in [0.05, 0.1) is 6.61 Å². The van der Waals surface area contributed by atoms with Crippen LogP contribution < -0.4 is 15.0 Å². The molecule has 1 N–H and O–H groups in total. The number of piperazine rings is 1. The van der Waals surface area contributed by atoms with Gasteiger partial charge in [-0.1, -0.05) is 0 Å². The Balaban J connectivity index is 1.97. The number of ether oxygens (including phenoxy) is 1. The number of nitrogens with one attached hydrogen (secondary N) is 1. The highest BCUT2D eigenvalue weighted by Gasteiger charge is 2.26. The van der Waals surface area contributed by atoms with E-state index in [0.29, 0.717) is 44.6 Å². The smallest absolute Gasteiger partial charge is 0.244 e. The molecule has 0 aliphatic carbocycles. The minimum absolute atomic E-state index is 0.0648. The largest absolute Gasteiger partial charge is 0.478 e. The number of hydrogen-bond donors (Lipinski definition) is 1. The first-order valence-electron chi connectivity index (χ1n) is 8.20. The van der Waals surface area contributed by atoms with Crippen LogP contribution in [0.5, 0.6) is 5.88 Å². The maximum atomic E-state index is 12.3. The zero-order chi connectivity index (χ0) is 17.7. The average Bonchev–Trinajstić information content (AvgIpc) is 2.53. The molecule has 2 rings (SSSR count). The van der Waals surface area contributed by atoms with Crippen molar-refractivity contribution >= 4 is 17.8 Å². The van der Waals surface area contributed by atoms with Gasteiger partial charge in [-0.15, -0.1) is 0 Å². The number of nitrogens with zero attached hydrogens (tertiary/aromatic N) is 4. The van der Waals surface area contributed by atoms with E-state index in [4.69, 9.17) is 4.74 Å². The Morgan fingerprint density at radius 3 is 2.54 bits per heavy atom. The highest BCUT2D eigenvalue weighted by Crippen LogP contribution is 2.17. The molecule has 1 aliphatic heterocycles. The number of anilines is 1. The molecule has 0 unspecified atom stereocenters. The van der Waals surface area contributed by atoms with E-state index in [0.717, 1.165) is 5.69 Å². The van der Waals surface area contributed by atoms with Crippen molar-refractivity contribution < 1.29 is 14.3 Å². The lowest BCUT2D eigenvalue weighted by molar-refractivity contribution is -0.135. The molecule has 0 saturated carbocycles.